The predicted octanol–water partition coefficient (Wildman–Crippen LogP) is 2.37. The number of guanidine groups is 2. The number of nitrogens with zero attached hydrogens (tertiary/aromatic N) is 2. The number of benzene rings is 2. The van der Waals surface area contributed by atoms with Crippen LogP contribution < -0.4 is 21.7 Å². The van der Waals surface area contributed by atoms with Crippen LogP contribution in [0.1, 0.15) is 12.0 Å². The second-order valence-corrected chi connectivity index (χ2v) is 7.12. The number of aryl methyl sites for hydroxylation is 1. The van der Waals surface area contributed by atoms with Crippen LogP contribution in [0.3, 0.4) is 0 Å². The third-order valence-electron chi connectivity index (χ3n) is 3.84. The maximum Gasteiger partial charge on any atom is 0.252 e. The number of rotatable bonds is 4. The molecule has 1 unspecified atom stereocenters. The molecule has 3 rings (SSSR count). The predicted molar refractivity (Wildman–Crippen MR) is 113 cm³/mol. The molecule has 2 amide bonds. The number of hydrogen-bond donors (Lipinski definition) is 4. The van der Waals surface area contributed by atoms with E-state index in [1.54, 1.807) is 12.1 Å². The van der Waals surface area contributed by atoms with Crippen molar-refractivity contribution < 1.29 is 9.59 Å². The van der Waals surface area contributed by atoms with Gasteiger partial charge in [-0.25, -0.2) is 4.99 Å². The van der Waals surface area contributed by atoms with E-state index in [4.69, 9.17) is 5.73 Å². The third-order valence-corrected chi connectivity index (χ3v) is 4.37. The molecule has 0 saturated heterocycles. The summed E-state index contributed by atoms with van der Waals surface area (Å²) in [7, 11) is 0. The fourth-order valence-electron chi connectivity index (χ4n) is 2.56. The van der Waals surface area contributed by atoms with Crippen LogP contribution in [0.2, 0.25) is 0 Å². The Morgan fingerprint density at radius 2 is 1.96 bits per heavy atom. The van der Waals surface area contributed by atoms with E-state index in [1.807, 2.05) is 43.3 Å². The van der Waals surface area contributed by atoms with Gasteiger partial charge in [0.25, 0.3) is 5.91 Å². The van der Waals surface area contributed by atoms with Crippen molar-refractivity contribution in [3.63, 3.8) is 0 Å². The van der Waals surface area contributed by atoms with Gasteiger partial charge in [-0.3, -0.25) is 14.9 Å². The number of nitrogens with one attached hydrogen (secondary N) is 3. The summed E-state index contributed by atoms with van der Waals surface area (Å²) in [4.78, 5) is 32.4. The first-order valence-corrected chi connectivity index (χ1v) is 9.30. The zero-order valence-electron chi connectivity index (χ0n) is 15.1. The molecule has 1 heterocycles. The number of anilines is 2. The number of carbonyl (C=O) groups is 2. The fraction of sp³-hybridized carbons (Fsp3) is 0.158. The molecule has 2 aromatic carbocycles. The zero-order valence-corrected chi connectivity index (χ0v) is 16.7. The third kappa shape index (κ3) is 5.40. The molecule has 1 aliphatic rings. The highest BCUT2D eigenvalue weighted by Crippen LogP contribution is 2.15. The van der Waals surface area contributed by atoms with Gasteiger partial charge < -0.3 is 16.4 Å². The van der Waals surface area contributed by atoms with E-state index in [0.717, 1.165) is 15.7 Å². The van der Waals surface area contributed by atoms with E-state index < -0.39 is 11.9 Å². The van der Waals surface area contributed by atoms with Gasteiger partial charge in [0.05, 0.1) is 6.42 Å². The van der Waals surface area contributed by atoms with Crippen LogP contribution in [0.5, 0.6) is 0 Å². The number of nitrogens with two attached hydrogens (primary N) is 1. The Morgan fingerprint density at radius 3 is 2.68 bits per heavy atom. The second-order valence-electron chi connectivity index (χ2n) is 6.21. The Morgan fingerprint density at radius 1 is 1.21 bits per heavy atom. The van der Waals surface area contributed by atoms with Crippen molar-refractivity contribution >= 4 is 51.0 Å². The fourth-order valence-corrected chi connectivity index (χ4v) is 2.83. The van der Waals surface area contributed by atoms with Gasteiger partial charge in [0.1, 0.15) is 6.04 Å². The van der Waals surface area contributed by atoms with Crippen molar-refractivity contribution in [2.24, 2.45) is 15.7 Å². The highest BCUT2D eigenvalue weighted by molar-refractivity contribution is 9.10. The van der Waals surface area contributed by atoms with Gasteiger partial charge in [-0.15, -0.1) is 0 Å². The van der Waals surface area contributed by atoms with Gasteiger partial charge in [0.2, 0.25) is 17.8 Å². The van der Waals surface area contributed by atoms with E-state index in [0.29, 0.717) is 5.69 Å². The van der Waals surface area contributed by atoms with Crippen LogP contribution in [-0.4, -0.2) is 29.8 Å². The largest absolute Gasteiger partial charge is 0.369 e. The molecule has 0 bridgehead atoms. The SMILES string of the molecule is Cc1cccc(N/C(N)=N/C2=NC(CC(=O)Nc3ccc(Br)cc3)C(=O)N2)c1. The highest BCUT2D eigenvalue weighted by atomic mass is 79.9. The monoisotopic (exact) mass is 442 g/mol. The lowest BCUT2D eigenvalue weighted by Gasteiger charge is -2.06. The van der Waals surface area contributed by atoms with Crippen LogP contribution in [0.25, 0.3) is 0 Å². The minimum Gasteiger partial charge on any atom is -0.369 e. The molecule has 5 N–H and O–H groups in total. The smallest absolute Gasteiger partial charge is 0.252 e. The van der Waals surface area contributed by atoms with Gasteiger partial charge in [0, 0.05) is 15.8 Å². The molecule has 28 heavy (non-hydrogen) atoms. The van der Waals surface area contributed by atoms with E-state index in [1.165, 1.54) is 0 Å². The first kappa shape index (κ1) is 19.6. The Kier molecular flexibility index (Phi) is 6.05. The highest BCUT2D eigenvalue weighted by Gasteiger charge is 2.28. The van der Waals surface area contributed by atoms with Crippen molar-refractivity contribution in [2.75, 3.05) is 10.6 Å². The molecule has 0 radical (unpaired) electrons. The minimum atomic E-state index is -0.846. The van der Waals surface area contributed by atoms with Gasteiger partial charge in [-0.2, -0.15) is 4.99 Å². The number of amides is 2. The molecule has 2 aromatic rings. The molecule has 1 atom stereocenters. The summed E-state index contributed by atoms with van der Waals surface area (Å²) in [6.45, 7) is 1.96. The molecule has 144 valence electrons. The van der Waals surface area contributed by atoms with Gasteiger partial charge >= 0.3 is 0 Å². The molecule has 1 aliphatic heterocycles. The summed E-state index contributed by atoms with van der Waals surface area (Å²) < 4.78 is 0.907. The standard InChI is InChI=1S/C19H19BrN6O2/c1-11-3-2-4-14(9-11)23-18(21)26-19-24-15(17(28)25-19)10-16(27)22-13-7-5-12(20)6-8-13/h2-9,15H,10H2,1H3,(H,22,27)(H4,21,23,24,25,26,28). The lowest BCUT2D eigenvalue weighted by atomic mass is 10.2. The summed E-state index contributed by atoms with van der Waals surface area (Å²) in [5.41, 5.74) is 8.35. The molecule has 9 heteroatoms. The second kappa shape index (κ2) is 8.66. The van der Waals surface area contributed by atoms with Crippen LogP contribution in [0.4, 0.5) is 11.4 Å². The van der Waals surface area contributed by atoms with Crippen molar-refractivity contribution in [3.8, 4) is 0 Å². The summed E-state index contributed by atoms with van der Waals surface area (Å²) in [6, 6.07) is 13.9. The van der Waals surface area contributed by atoms with Crippen molar-refractivity contribution in [2.45, 2.75) is 19.4 Å². The lowest BCUT2D eigenvalue weighted by Crippen LogP contribution is -2.32. The summed E-state index contributed by atoms with van der Waals surface area (Å²) in [6.07, 6.45) is -0.0911. The number of carbonyl (C=O) groups excluding carboxylic acids is 2. The van der Waals surface area contributed by atoms with Crippen LogP contribution in [0, 0.1) is 6.92 Å². The number of aliphatic imine (C=N–C) groups is 2. The first-order chi connectivity index (χ1) is 13.4. The van der Waals surface area contributed by atoms with Crippen LogP contribution in [0.15, 0.2) is 63.0 Å². The Labute approximate surface area is 170 Å². The maximum absolute atomic E-state index is 12.2. The van der Waals surface area contributed by atoms with Gasteiger partial charge in [0.15, 0.2) is 0 Å². The minimum absolute atomic E-state index is 0.0732. The summed E-state index contributed by atoms with van der Waals surface area (Å²) >= 11 is 3.33. The Balaban J connectivity index is 1.60. The molecule has 0 spiro atoms. The normalized spacial score (nSPS) is 16.4. The number of hydrogen-bond acceptors (Lipinski definition) is 4. The summed E-state index contributed by atoms with van der Waals surface area (Å²) in [5, 5.41) is 8.18. The lowest BCUT2D eigenvalue weighted by molar-refractivity contribution is -0.123. The van der Waals surface area contributed by atoms with E-state index in [-0.39, 0.29) is 24.2 Å². The van der Waals surface area contributed by atoms with E-state index in [9.17, 15) is 9.59 Å². The van der Waals surface area contributed by atoms with Gasteiger partial charge in [-0.05, 0) is 48.9 Å². The molecule has 0 fully saturated rings. The maximum atomic E-state index is 12.2. The quantitative estimate of drug-likeness (QED) is 0.428. The average Bonchev–Trinajstić information content (AvgIpc) is 2.95. The average molecular weight is 443 g/mol. The molecule has 0 aliphatic carbocycles. The van der Waals surface area contributed by atoms with E-state index in [2.05, 4.69) is 41.9 Å². The van der Waals surface area contributed by atoms with Crippen LogP contribution >= 0.6 is 15.9 Å². The molecule has 8 nitrogen and oxygen atoms in total. The first-order valence-electron chi connectivity index (χ1n) is 8.51. The Hall–Kier alpha value is -3.20. The van der Waals surface area contributed by atoms with Crippen molar-refractivity contribution in [3.05, 3.63) is 58.6 Å². The zero-order chi connectivity index (χ0) is 20.1. The van der Waals surface area contributed by atoms with E-state index >= 15 is 0 Å². The number of halogens is 1. The van der Waals surface area contributed by atoms with Crippen LogP contribution in [-0.2, 0) is 9.59 Å². The topological polar surface area (TPSA) is 121 Å². The molecular weight excluding hydrogens is 424 g/mol. The molecular formula is C19H19BrN6O2. The van der Waals surface area contributed by atoms with Crippen molar-refractivity contribution in [1.29, 1.82) is 0 Å². The molecule has 0 saturated carbocycles. The molecule has 0 aromatic heterocycles. The van der Waals surface area contributed by atoms with Gasteiger partial charge in [-0.1, -0.05) is 28.1 Å². The Bertz CT molecular complexity index is 955. The van der Waals surface area contributed by atoms with Crippen molar-refractivity contribution in [1.82, 2.24) is 5.32 Å². The summed E-state index contributed by atoms with van der Waals surface area (Å²) in [5.74, 6) is -0.552.